The molecule has 1 heteroatoms. The number of anilines is 3. The van der Waals surface area contributed by atoms with Crippen molar-refractivity contribution in [2.75, 3.05) is 4.90 Å². The van der Waals surface area contributed by atoms with Crippen molar-refractivity contribution in [3.05, 3.63) is 283 Å². The molecule has 332 valence electrons. The minimum Gasteiger partial charge on any atom is -0.310 e. The molecule has 0 aromatic heterocycles. The smallest absolute Gasteiger partial charge is 0.0465 e. The van der Waals surface area contributed by atoms with Crippen LogP contribution in [-0.4, -0.2) is 0 Å². The molecular weight excluding hydrogens is 843 g/mol. The highest BCUT2D eigenvalue weighted by atomic mass is 15.1. The number of nitrogens with zero attached hydrogens (tertiary/aromatic N) is 1. The van der Waals surface area contributed by atoms with E-state index in [-0.39, 0.29) is 10.8 Å². The lowest BCUT2D eigenvalue weighted by Crippen LogP contribution is -2.22. The molecule has 11 aromatic rings. The number of benzene rings is 11. The molecule has 1 atom stereocenters. The van der Waals surface area contributed by atoms with E-state index in [4.69, 9.17) is 0 Å². The maximum Gasteiger partial charge on any atom is 0.0465 e. The van der Waals surface area contributed by atoms with Crippen molar-refractivity contribution in [3.8, 4) is 66.8 Å². The van der Waals surface area contributed by atoms with E-state index in [1.165, 1.54) is 105 Å². The summed E-state index contributed by atoms with van der Waals surface area (Å²) in [6.07, 6.45) is 0. The van der Waals surface area contributed by atoms with Crippen LogP contribution in [0.5, 0.6) is 0 Å². The summed E-state index contributed by atoms with van der Waals surface area (Å²) >= 11 is 0. The van der Waals surface area contributed by atoms with Gasteiger partial charge in [-0.3, -0.25) is 0 Å². The van der Waals surface area contributed by atoms with Gasteiger partial charge >= 0.3 is 0 Å². The molecule has 0 saturated heterocycles. The lowest BCUT2D eigenvalue weighted by Gasteiger charge is -2.31. The van der Waals surface area contributed by atoms with Crippen LogP contribution in [0.25, 0.3) is 77.5 Å². The Kier molecular flexibility index (Phi) is 9.71. The molecule has 0 saturated carbocycles. The summed E-state index contributed by atoms with van der Waals surface area (Å²) in [4.78, 5) is 2.44. The Morgan fingerprint density at radius 3 is 1.36 bits per heavy atom. The SMILES string of the molecule is CC1(C)c2ccccc2-c2cccc(-c3ccccc3-c3ccc(N(c4ccc(-c5cccc6cccc(-c7ccccc7)c56)cc4)c4ccc5c(c4)C(C)(c4ccccc4)c4ccccc4-5)cc3)c21. The van der Waals surface area contributed by atoms with Gasteiger partial charge in [-0.05, 0) is 149 Å². The Balaban J connectivity index is 0.948. The lowest BCUT2D eigenvalue weighted by atomic mass is 9.74. The zero-order valence-corrected chi connectivity index (χ0v) is 39.7. The molecule has 0 radical (unpaired) electrons. The van der Waals surface area contributed by atoms with Crippen molar-refractivity contribution in [1.82, 2.24) is 0 Å². The van der Waals surface area contributed by atoms with Crippen LogP contribution in [0, 0.1) is 0 Å². The second-order valence-electron chi connectivity index (χ2n) is 19.7. The van der Waals surface area contributed by atoms with Crippen molar-refractivity contribution < 1.29 is 0 Å². The minimum atomic E-state index is -0.329. The summed E-state index contributed by atoms with van der Waals surface area (Å²) in [5, 5.41) is 2.50. The number of hydrogen-bond donors (Lipinski definition) is 0. The number of rotatable bonds is 8. The van der Waals surface area contributed by atoms with Crippen molar-refractivity contribution >= 4 is 27.8 Å². The van der Waals surface area contributed by atoms with Crippen LogP contribution in [0.15, 0.2) is 255 Å². The van der Waals surface area contributed by atoms with Crippen molar-refractivity contribution in [2.45, 2.75) is 31.6 Å². The van der Waals surface area contributed by atoms with Gasteiger partial charge < -0.3 is 4.90 Å². The quantitative estimate of drug-likeness (QED) is 0.147. The van der Waals surface area contributed by atoms with E-state index < -0.39 is 0 Å². The first-order chi connectivity index (χ1) is 34.4. The van der Waals surface area contributed by atoms with Gasteiger partial charge in [-0.2, -0.15) is 0 Å². The predicted molar refractivity (Wildman–Crippen MR) is 295 cm³/mol. The van der Waals surface area contributed by atoms with Gasteiger partial charge in [0.25, 0.3) is 0 Å². The van der Waals surface area contributed by atoms with E-state index in [9.17, 15) is 0 Å². The Morgan fingerprint density at radius 1 is 0.286 bits per heavy atom. The van der Waals surface area contributed by atoms with E-state index in [1.54, 1.807) is 0 Å². The largest absolute Gasteiger partial charge is 0.310 e. The average Bonchev–Trinajstić information content (AvgIpc) is 3.83. The molecule has 0 heterocycles. The van der Waals surface area contributed by atoms with Crippen LogP contribution in [0.3, 0.4) is 0 Å². The molecule has 1 nitrogen and oxygen atoms in total. The first kappa shape index (κ1) is 41.7. The molecule has 0 fully saturated rings. The van der Waals surface area contributed by atoms with Crippen molar-refractivity contribution in [3.63, 3.8) is 0 Å². The average molecular weight is 894 g/mol. The van der Waals surface area contributed by atoms with Gasteiger partial charge in [-0.1, -0.05) is 232 Å². The third-order valence-electron chi connectivity index (χ3n) is 15.6. The zero-order valence-electron chi connectivity index (χ0n) is 39.7. The molecule has 2 aliphatic carbocycles. The van der Waals surface area contributed by atoms with Gasteiger partial charge in [0.1, 0.15) is 0 Å². The van der Waals surface area contributed by atoms with Gasteiger partial charge in [0, 0.05) is 27.9 Å². The fourth-order valence-electron chi connectivity index (χ4n) is 12.2. The van der Waals surface area contributed by atoms with Crippen LogP contribution in [-0.2, 0) is 10.8 Å². The fourth-order valence-corrected chi connectivity index (χ4v) is 12.2. The topological polar surface area (TPSA) is 3.24 Å². The van der Waals surface area contributed by atoms with E-state index >= 15 is 0 Å². The molecule has 11 aromatic carbocycles. The van der Waals surface area contributed by atoms with Gasteiger partial charge in [0.2, 0.25) is 0 Å². The van der Waals surface area contributed by atoms with Crippen LogP contribution >= 0.6 is 0 Å². The first-order valence-corrected chi connectivity index (χ1v) is 24.6. The molecule has 70 heavy (non-hydrogen) atoms. The van der Waals surface area contributed by atoms with Gasteiger partial charge in [0.05, 0.1) is 0 Å². The van der Waals surface area contributed by atoms with Crippen molar-refractivity contribution in [1.29, 1.82) is 0 Å². The Labute approximate surface area is 411 Å². The Hall–Kier alpha value is -8.52. The van der Waals surface area contributed by atoms with E-state index in [0.717, 1.165) is 17.1 Å². The van der Waals surface area contributed by atoms with Gasteiger partial charge in [0.15, 0.2) is 0 Å². The predicted octanol–water partition coefficient (Wildman–Crippen LogP) is 18.6. The fraction of sp³-hybridized carbons (Fsp3) is 0.0725. The third kappa shape index (κ3) is 6.46. The lowest BCUT2D eigenvalue weighted by molar-refractivity contribution is 0.662. The van der Waals surface area contributed by atoms with Crippen molar-refractivity contribution in [2.24, 2.45) is 0 Å². The summed E-state index contributed by atoms with van der Waals surface area (Å²) in [7, 11) is 0. The third-order valence-corrected chi connectivity index (χ3v) is 15.6. The summed E-state index contributed by atoms with van der Waals surface area (Å²) in [6.45, 7) is 7.16. The maximum atomic E-state index is 2.45. The summed E-state index contributed by atoms with van der Waals surface area (Å²) in [5.41, 5.74) is 24.7. The number of hydrogen-bond acceptors (Lipinski definition) is 1. The Morgan fingerprint density at radius 2 is 0.714 bits per heavy atom. The minimum absolute atomic E-state index is 0.124. The summed E-state index contributed by atoms with van der Waals surface area (Å²) < 4.78 is 0. The second kappa shape index (κ2) is 16.3. The van der Waals surface area contributed by atoms with Crippen LogP contribution in [0.2, 0.25) is 0 Å². The summed E-state index contributed by atoms with van der Waals surface area (Å²) in [6, 6.07) is 94.4. The van der Waals surface area contributed by atoms with Crippen LogP contribution < -0.4 is 4.90 Å². The van der Waals surface area contributed by atoms with E-state index in [0.29, 0.717) is 0 Å². The normalized spacial score (nSPS) is 15.0. The van der Waals surface area contributed by atoms with E-state index in [2.05, 4.69) is 280 Å². The molecule has 0 aliphatic heterocycles. The molecular formula is C69H51N. The van der Waals surface area contributed by atoms with Gasteiger partial charge in [-0.15, -0.1) is 0 Å². The highest BCUT2D eigenvalue weighted by Gasteiger charge is 2.41. The highest BCUT2D eigenvalue weighted by molar-refractivity contribution is 6.06. The summed E-state index contributed by atoms with van der Waals surface area (Å²) in [5.74, 6) is 0. The second-order valence-corrected chi connectivity index (χ2v) is 19.7. The monoisotopic (exact) mass is 893 g/mol. The molecule has 0 amide bonds. The van der Waals surface area contributed by atoms with Gasteiger partial charge in [-0.25, -0.2) is 0 Å². The molecule has 0 spiro atoms. The molecule has 13 rings (SSSR count). The first-order valence-electron chi connectivity index (χ1n) is 24.6. The maximum absolute atomic E-state index is 2.45. The standard InChI is InChI=1S/C69H51N/c1-68(2)63-33-14-12-28-59(63)62-32-18-31-61(67(62)68)57-26-11-10-25-54(57)47-35-39-51(40-36-47)70(53-43-44-60-58-27-13-15-34-64(58)69(3,65(60)45-53)50-23-8-5-9-24-50)52-41-37-48(38-42-52)56-30-17-22-49-21-16-29-55(66(49)56)46-19-6-4-7-20-46/h4-45H,1-3H3. The zero-order chi connectivity index (χ0) is 47.0. The molecule has 0 N–H and O–H groups in total. The molecule has 2 aliphatic rings. The Bertz CT molecular complexity index is 3780. The highest BCUT2D eigenvalue weighted by Crippen LogP contribution is 2.55. The van der Waals surface area contributed by atoms with Crippen LogP contribution in [0.4, 0.5) is 17.1 Å². The molecule has 0 bridgehead atoms. The van der Waals surface area contributed by atoms with E-state index in [1.807, 2.05) is 0 Å². The number of fused-ring (bicyclic) bond motifs is 7. The van der Waals surface area contributed by atoms with Crippen LogP contribution in [0.1, 0.15) is 48.6 Å². The molecule has 1 unspecified atom stereocenters.